The number of azide groups is 1. The van der Waals surface area contributed by atoms with Crippen molar-refractivity contribution in [1.29, 1.82) is 0 Å². The van der Waals surface area contributed by atoms with Crippen LogP contribution in [0.25, 0.3) is 10.4 Å². The van der Waals surface area contributed by atoms with Crippen LogP contribution in [0.4, 0.5) is 5.69 Å². The second-order valence-electron chi connectivity index (χ2n) is 2.01. The summed E-state index contributed by atoms with van der Waals surface area (Å²) in [5.74, 6) is 0.723. The van der Waals surface area contributed by atoms with E-state index < -0.39 is 0 Å². The van der Waals surface area contributed by atoms with Crippen LogP contribution in [0.2, 0.25) is 0 Å². The van der Waals surface area contributed by atoms with Crippen LogP contribution >= 0.6 is 22.6 Å². The molecule has 0 aromatic heterocycles. The summed E-state index contributed by atoms with van der Waals surface area (Å²) in [6, 6.07) is 5.27. The summed E-state index contributed by atoms with van der Waals surface area (Å²) in [5, 5.41) is 3.45. The molecule has 0 spiro atoms. The van der Waals surface area contributed by atoms with E-state index in [4.69, 9.17) is 10.3 Å². The zero-order valence-electron chi connectivity index (χ0n) is 6.36. The lowest BCUT2D eigenvalue weighted by molar-refractivity contribution is 0.412. The molecule has 0 saturated carbocycles. The fraction of sp³-hybridized carbons (Fsp3) is 0.143. The highest BCUT2D eigenvalue weighted by molar-refractivity contribution is 14.1. The zero-order chi connectivity index (χ0) is 8.97. The predicted octanol–water partition coefficient (Wildman–Crippen LogP) is 3.24. The predicted molar refractivity (Wildman–Crippen MR) is 54.5 cm³/mol. The van der Waals surface area contributed by atoms with Gasteiger partial charge in [-0.15, -0.1) is 0 Å². The van der Waals surface area contributed by atoms with Gasteiger partial charge in [0.1, 0.15) is 5.75 Å². The van der Waals surface area contributed by atoms with Gasteiger partial charge in [0.05, 0.1) is 10.7 Å². The molecular weight excluding hydrogens is 269 g/mol. The molecule has 1 aromatic rings. The third kappa shape index (κ3) is 2.02. The first-order valence-electron chi connectivity index (χ1n) is 3.16. The highest BCUT2D eigenvalue weighted by atomic mass is 127. The van der Waals surface area contributed by atoms with Crippen LogP contribution in [0.15, 0.2) is 23.3 Å². The van der Waals surface area contributed by atoms with Gasteiger partial charge in [0.25, 0.3) is 0 Å². The maximum Gasteiger partial charge on any atom is 0.132 e. The summed E-state index contributed by atoms with van der Waals surface area (Å²) in [6.45, 7) is 0. The van der Waals surface area contributed by atoms with Gasteiger partial charge in [-0.25, -0.2) is 0 Å². The number of rotatable bonds is 2. The molecule has 0 aliphatic carbocycles. The quantitative estimate of drug-likeness (QED) is 0.354. The van der Waals surface area contributed by atoms with Gasteiger partial charge in [0, 0.05) is 10.6 Å². The SMILES string of the molecule is COc1cc(N=[N+]=[N-])ccc1I. The van der Waals surface area contributed by atoms with Crippen molar-refractivity contribution >= 4 is 28.3 Å². The number of hydrogen-bond acceptors (Lipinski definition) is 2. The summed E-state index contributed by atoms with van der Waals surface area (Å²) in [6.07, 6.45) is 0. The number of hydrogen-bond donors (Lipinski definition) is 0. The highest BCUT2D eigenvalue weighted by Gasteiger charge is 1.98. The van der Waals surface area contributed by atoms with E-state index >= 15 is 0 Å². The van der Waals surface area contributed by atoms with Crippen molar-refractivity contribution < 1.29 is 4.74 Å². The second kappa shape index (κ2) is 4.18. The van der Waals surface area contributed by atoms with E-state index in [0.29, 0.717) is 5.69 Å². The van der Waals surface area contributed by atoms with E-state index in [2.05, 4.69) is 32.6 Å². The number of benzene rings is 1. The fourth-order valence-corrected chi connectivity index (χ4v) is 1.32. The number of methoxy groups -OCH3 is 1. The molecule has 5 heteroatoms. The first-order valence-corrected chi connectivity index (χ1v) is 4.24. The molecule has 0 atom stereocenters. The van der Waals surface area contributed by atoms with Gasteiger partial charge in [0.15, 0.2) is 0 Å². The lowest BCUT2D eigenvalue weighted by atomic mass is 10.3. The minimum Gasteiger partial charge on any atom is -0.496 e. The zero-order valence-corrected chi connectivity index (χ0v) is 8.52. The van der Waals surface area contributed by atoms with Crippen LogP contribution < -0.4 is 4.74 Å². The van der Waals surface area contributed by atoms with Crippen molar-refractivity contribution in [2.24, 2.45) is 5.11 Å². The van der Waals surface area contributed by atoms with E-state index in [-0.39, 0.29) is 0 Å². The molecule has 0 aliphatic heterocycles. The molecule has 62 valence electrons. The Labute approximate surface area is 83.3 Å². The summed E-state index contributed by atoms with van der Waals surface area (Å²) < 4.78 is 6.03. The fourth-order valence-electron chi connectivity index (χ4n) is 0.762. The first-order chi connectivity index (χ1) is 5.77. The molecule has 0 heterocycles. The van der Waals surface area contributed by atoms with Crippen LogP contribution in [0.1, 0.15) is 0 Å². The monoisotopic (exact) mass is 275 g/mol. The van der Waals surface area contributed by atoms with E-state index in [9.17, 15) is 0 Å². The summed E-state index contributed by atoms with van der Waals surface area (Å²) >= 11 is 2.15. The summed E-state index contributed by atoms with van der Waals surface area (Å²) in [5.41, 5.74) is 8.73. The van der Waals surface area contributed by atoms with Gasteiger partial charge < -0.3 is 4.74 Å². The van der Waals surface area contributed by atoms with Crippen molar-refractivity contribution in [3.8, 4) is 5.75 Å². The molecule has 1 aromatic carbocycles. The Morgan fingerprint density at radius 1 is 1.58 bits per heavy atom. The van der Waals surface area contributed by atoms with Crippen molar-refractivity contribution in [2.75, 3.05) is 7.11 Å². The third-order valence-electron chi connectivity index (χ3n) is 1.29. The summed E-state index contributed by atoms with van der Waals surface area (Å²) in [7, 11) is 1.58. The van der Waals surface area contributed by atoms with E-state index in [1.54, 1.807) is 19.2 Å². The van der Waals surface area contributed by atoms with Crippen molar-refractivity contribution in [1.82, 2.24) is 0 Å². The average molecular weight is 275 g/mol. The number of halogens is 1. The van der Waals surface area contributed by atoms with E-state index in [0.717, 1.165) is 9.32 Å². The molecule has 0 N–H and O–H groups in total. The molecule has 12 heavy (non-hydrogen) atoms. The Hall–Kier alpha value is -0.940. The van der Waals surface area contributed by atoms with Crippen LogP contribution in [0.5, 0.6) is 5.75 Å². The lowest BCUT2D eigenvalue weighted by Crippen LogP contribution is -1.84. The third-order valence-corrected chi connectivity index (χ3v) is 2.19. The molecular formula is C7H6IN3O. The largest absolute Gasteiger partial charge is 0.496 e. The maximum absolute atomic E-state index is 8.17. The molecule has 0 bridgehead atoms. The minimum atomic E-state index is 0.565. The molecule has 0 amide bonds. The molecule has 0 saturated heterocycles. The van der Waals surface area contributed by atoms with E-state index in [1.165, 1.54) is 0 Å². The molecule has 0 fully saturated rings. The van der Waals surface area contributed by atoms with Crippen molar-refractivity contribution in [3.05, 3.63) is 32.2 Å². The first kappa shape index (κ1) is 9.15. The van der Waals surface area contributed by atoms with Gasteiger partial charge in [0.2, 0.25) is 0 Å². The molecule has 0 aliphatic rings. The topological polar surface area (TPSA) is 58.0 Å². The molecule has 0 radical (unpaired) electrons. The summed E-state index contributed by atoms with van der Waals surface area (Å²) in [4.78, 5) is 2.68. The van der Waals surface area contributed by atoms with Gasteiger partial charge in [-0.05, 0) is 40.3 Å². The van der Waals surface area contributed by atoms with Crippen LogP contribution in [0, 0.1) is 3.57 Å². The highest BCUT2D eigenvalue weighted by Crippen LogP contribution is 2.25. The Bertz CT molecular complexity index is 333. The Morgan fingerprint density at radius 3 is 2.92 bits per heavy atom. The molecule has 4 nitrogen and oxygen atoms in total. The van der Waals surface area contributed by atoms with Crippen molar-refractivity contribution in [3.63, 3.8) is 0 Å². The standard InChI is InChI=1S/C7H6IN3O/c1-12-7-4-5(10-11-9)2-3-6(7)8/h2-4H,1H3. The van der Waals surface area contributed by atoms with Gasteiger partial charge in [-0.1, -0.05) is 11.2 Å². The van der Waals surface area contributed by atoms with Crippen molar-refractivity contribution in [2.45, 2.75) is 0 Å². The van der Waals surface area contributed by atoms with Gasteiger partial charge in [-0.2, -0.15) is 0 Å². The second-order valence-corrected chi connectivity index (χ2v) is 3.17. The van der Waals surface area contributed by atoms with Gasteiger partial charge in [-0.3, -0.25) is 0 Å². The number of nitrogens with zero attached hydrogens (tertiary/aromatic N) is 3. The smallest absolute Gasteiger partial charge is 0.132 e. The van der Waals surface area contributed by atoms with Crippen LogP contribution in [0.3, 0.4) is 0 Å². The van der Waals surface area contributed by atoms with Gasteiger partial charge >= 0.3 is 0 Å². The van der Waals surface area contributed by atoms with Crippen LogP contribution in [-0.2, 0) is 0 Å². The minimum absolute atomic E-state index is 0.565. The lowest BCUT2D eigenvalue weighted by Gasteiger charge is -2.02. The Balaban J connectivity index is 3.13. The molecule has 1 rings (SSSR count). The maximum atomic E-state index is 8.17. The number of ether oxygens (including phenoxy) is 1. The Morgan fingerprint density at radius 2 is 2.33 bits per heavy atom. The normalized spacial score (nSPS) is 8.83. The Kier molecular flexibility index (Phi) is 3.19. The van der Waals surface area contributed by atoms with E-state index in [1.807, 2.05) is 6.07 Å². The average Bonchev–Trinajstić information content (AvgIpc) is 2.09. The molecule has 0 unspecified atom stereocenters. The van der Waals surface area contributed by atoms with Crippen LogP contribution in [-0.4, -0.2) is 7.11 Å².